The van der Waals surface area contributed by atoms with Crippen LogP contribution in [-0.4, -0.2) is 34.5 Å². The smallest absolute Gasteiger partial charge is 0.257 e. The average molecular weight is 276 g/mol. The second-order valence-corrected chi connectivity index (χ2v) is 5.68. The Bertz CT molecular complexity index is 479. The number of phenolic OH excluding ortho intramolecular Hbond substituents is 1. The van der Waals surface area contributed by atoms with Crippen LogP contribution in [0, 0.1) is 6.92 Å². The summed E-state index contributed by atoms with van der Waals surface area (Å²) in [7, 11) is 0. The highest BCUT2D eigenvalue weighted by Gasteiger charge is 2.28. The molecule has 2 rings (SSSR count). The Morgan fingerprint density at radius 1 is 1.35 bits per heavy atom. The summed E-state index contributed by atoms with van der Waals surface area (Å²) in [6.45, 7) is 4.54. The van der Waals surface area contributed by atoms with E-state index in [4.69, 9.17) is 5.73 Å². The molecular formula is C16H24N2O2. The zero-order valence-electron chi connectivity index (χ0n) is 12.3. The quantitative estimate of drug-likeness (QED) is 0.891. The van der Waals surface area contributed by atoms with Gasteiger partial charge in [0.1, 0.15) is 5.75 Å². The van der Waals surface area contributed by atoms with E-state index in [0.29, 0.717) is 12.1 Å². The summed E-state index contributed by atoms with van der Waals surface area (Å²) >= 11 is 0. The van der Waals surface area contributed by atoms with Crippen LogP contribution in [0.5, 0.6) is 5.75 Å². The van der Waals surface area contributed by atoms with E-state index in [9.17, 15) is 9.90 Å². The summed E-state index contributed by atoms with van der Waals surface area (Å²) in [6, 6.07) is 5.72. The largest absolute Gasteiger partial charge is 0.507 e. The molecule has 0 atom stereocenters. The van der Waals surface area contributed by atoms with Crippen LogP contribution in [0.3, 0.4) is 0 Å². The first kappa shape index (κ1) is 14.9. The number of nitrogens with two attached hydrogens (primary N) is 1. The van der Waals surface area contributed by atoms with Gasteiger partial charge in [0.15, 0.2) is 0 Å². The van der Waals surface area contributed by atoms with Crippen LogP contribution in [0.15, 0.2) is 18.2 Å². The van der Waals surface area contributed by atoms with Gasteiger partial charge < -0.3 is 15.7 Å². The van der Waals surface area contributed by atoms with Crippen molar-refractivity contribution in [2.75, 3.05) is 6.54 Å². The predicted octanol–water partition coefficient (Wildman–Crippen LogP) is 2.43. The third-order valence-corrected chi connectivity index (χ3v) is 4.17. The van der Waals surface area contributed by atoms with Gasteiger partial charge in [-0.15, -0.1) is 0 Å². The summed E-state index contributed by atoms with van der Waals surface area (Å²) in [5.74, 6) is -0.00793. The Kier molecular flexibility index (Phi) is 4.65. The van der Waals surface area contributed by atoms with Gasteiger partial charge in [-0.2, -0.15) is 0 Å². The molecule has 0 heterocycles. The molecule has 3 N–H and O–H groups in total. The Balaban J connectivity index is 2.16. The molecule has 0 aromatic heterocycles. The normalized spacial score (nSPS) is 22.6. The number of carbonyl (C=O) groups is 1. The van der Waals surface area contributed by atoms with Crippen LogP contribution >= 0.6 is 0 Å². The van der Waals surface area contributed by atoms with Gasteiger partial charge in [0, 0.05) is 18.6 Å². The molecule has 0 radical (unpaired) electrons. The minimum absolute atomic E-state index is 0.0703. The van der Waals surface area contributed by atoms with Crippen molar-refractivity contribution in [3.63, 3.8) is 0 Å². The van der Waals surface area contributed by atoms with E-state index in [1.54, 1.807) is 12.1 Å². The molecule has 1 aliphatic carbocycles. The summed E-state index contributed by atoms with van der Waals surface area (Å²) in [5.41, 5.74) is 7.27. The standard InChI is InChI=1S/C16H24N2O2/c1-3-18(13-7-5-12(17)6-8-13)16(20)14-9-4-11(2)10-15(14)19/h4,9-10,12-13,19H,3,5-8,17H2,1-2H3. The minimum atomic E-state index is -0.0783. The van der Waals surface area contributed by atoms with E-state index in [2.05, 4.69) is 0 Å². The molecule has 1 fully saturated rings. The first-order chi connectivity index (χ1) is 9.52. The molecule has 0 unspecified atom stereocenters. The molecule has 4 heteroatoms. The average Bonchev–Trinajstić information content (AvgIpc) is 2.41. The van der Waals surface area contributed by atoms with Crippen molar-refractivity contribution < 1.29 is 9.90 Å². The molecule has 1 aromatic carbocycles. The molecule has 0 aliphatic heterocycles. The number of carbonyl (C=O) groups excluding carboxylic acids is 1. The van der Waals surface area contributed by atoms with Gasteiger partial charge in [0.05, 0.1) is 5.56 Å². The Morgan fingerprint density at radius 2 is 2.00 bits per heavy atom. The highest BCUT2D eigenvalue weighted by Crippen LogP contribution is 2.26. The molecule has 0 saturated heterocycles. The van der Waals surface area contributed by atoms with Gasteiger partial charge in [-0.05, 0) is 57.2 Å². The lowest BCUT2D eigenvalue weighted by Gasteiger charge is -2.35. The summed E-state index contributed by atoms with van der Waals surface area (Å²) in [4.78, 5) is 14.5. The van der Waals surface area contributed by atoms with Crippen LogP contribution in [0.1, 0.15) is 48.5 Å². The maximum Gasteiger partial charge on any atom is 0.257 e. The molecule has 0 bridgehead atoms. The van der Waals surface area contributed by atoms with Crippen LogP contribution in [0.4, 0.5) is 0 Å². The molecule has 1 aromatic rings. The Hall–Kier alpha value is -1.55. The number of hydrogen-bond donors (Lipinski definition) is 2. The Labute approximate surface area is 120 Å². The van der Waals surface area contributed by atoms with E-state index < -0.39 is 0 Å². The van der Waals surface area contributed by atoms with Gasteiger partial charge >= 0.3 is 0 Å². The summed E-state index contributed by atoms with van der Waals surface area (Å²) in [6.07, 6.45) is 3.84. The van der Waals surface area contributed by atoms with Crippen molar-refractivity contribution in [3.8, 4) is 5.75 Å². The second kappa shape index (κ2) is 6.27. The predicted molar refractivity (Wildman–Crippen MR) is 79.8 cm³/mol. The van der Waals surface area contributed by atoms with E-state index in [1.807, 2.05) is 24.8 Å². The fourth-order valence-electron chi connectivity index (χ4n) is 2.96. The fourth-order valence-corrected chi connectivity index (χ4v) is 2.96. The Morgan fingerprint density at radius 3 is 2.55 bits per heavy atom. The van der Waals surface area contributed by atoms with Crippen LogP contribution < -0.4 is 5.73 Å². The summed E-state index contributed by atoms with van der Waals surface area (Å²) < 4.78 is 0. The molecule has 20 heavy (non-hydrogen) atoms. The first-order valence-corrected chi connectivity index (χ1v) is 7.39. The fraction of sp³-hybridized carbons (Fsp3) is 0.562. The zero-order valence-corrected chi connectivity index (χ0v) is 12.3. The number of phenols is 1. The molecule has 1 saturated carbocycles. The number of aromatic hydroxyl groups is 1. The second-order valence-electron chi connectivity index (χ2n) is 5.68. The number of nitrogens with zero attached hydrogens (tertiary/aromatic N) is 1. The van der Waals surface area contributed by atoms with Crippen LogP contribution in [-0.2, 0) is 0 Å². The lowest BCUT2D eigenvalue weighted by atomic mass is 9.90. The number of hydrogen-bond acceptors (Lipinski definition) is 3. The van der Waals surface area contributed by atoms with Gasteiger partial charge in [0.25, 0.3) is 5.91 Å². The number of aryl methyl sites for hydroxylation is 1. The minimum Gasteiger partial charge on any atom is -0.507 e. The topological polar surface area (TPSA) is 66.6 Å². The van der Waals surface area contributed by atoms with Crippen LogP contribution in [0.2, 0.25) is 0 Å². The van der Waals surface area contributed by atoms with Crippen molar-refractivity contribution in [1.29, 1.82) is 0 Å². The lowest BCUT2D eigenvalue weighted by Crippen LogP contribution is -2.44. The van der Waals surface area contributed by atoms with Gasteiger partial charge in [-0.25, -0.2) is 0 Å². The lowest BCUT2D eigenvalue weighted by molar-refractivity contribution is 0.0637. The van der Waals surface area contributed by atoms with Gasteiger partial charge in [-0.1, -0.05) is 6.07 Å². The van der Waals surface area contributed by atoms with Gasteiger partial charge in [-0.3, -0.25) is 4.79 Å². The molecule has 4 nitrogen and oxygen atoms in total. The molecule has 110 valence electrons. The third kappa shape index (κ3) is 3.12. The van der Waals surface area contributed by atoms with Crippen molar-refractivity contribution in [1.82, 2.24) is 4.90 Å². The summed E-state index contributed by atoms with van der Waals surface area (Å²) in [5, 5.41) is 9.98. The van der Waals surface area contributed by atoms with E-state index >= 15 is 0 Å². The van der Waals surface area contributed by atoms with Gasteiger partial charge in [0.2, 0.25) is 0 Å². The number of amides is 1. The third-order valence-electron chi connectivity index (χ3n) is 4.17. The highest BCUT2D eigenvalue weighted by molar-refractivity contribution is 5.97. The maximum atomic E-state index is 12.6. The number of rotatable bonds is 3. The zero-order chi connectivity index (χ0) is 14.7. The first-order valence-electron chi connectivity index (χ1n) is 7.39. The molecular weight excluding hydrogens is 252 g/mol. The van der Waals surface area contributed by atoms with E-state index in [1.165, 1.54) is 0 Å². The van der Waals surface area contributed by atoms with E-state index in [-0.39, 0.29) is 23.7 Å². The molecule has 0 spiro atoms. The van der Waals surface area contributed by atoms with Crippen molar-refractivity contribution in [2.24, 2.45) is 5.73 Å². The van der Waals surface area contributed by atoms with E-state index in [0.717, 1.165) is 31.2 Å². The molecule has 1 aliphatic rings. The number of benzene rings is 1. The van der Waals surface area contributed by atoms with Crippen LogP contribution in [0.25, 0.3) is 0 Å². The monoisotopic (exact) mass is 276 g/mol. The van der Waals surface area contributed by atoms with Crippen molar-refractivity contribution >= 4 is 5.91 Å². The maximum absolute atomic E-state index is 12.6. The van der Waals surface area contributed by atoms with Crippen molar-refractivity contribution in [3.05, 3.63) is 29.3 Å². The highest BCUT2D eigenvalue weighted by atomic mass is 16.3. The van der Waals surface area contributed by atoms with Crippen molar-refractivity contribution in [2.45, 2.75) is 51.6 Å². The SMILES string of the molecule is CCN(C(=O)c1ccc(C)cc1O)C1CCC(N)CC1. The molecule has 1 amide bonds.